The molecule has 2 nitrogen and oxygen atoms in total. The third-order valence-corrected chi connectivity index (χ3v) is 8.53. The maximum absolute atomic E-state index is 6.45. The van der Waals surface area contributed by atoms with Crippen LogP contribution in [0.4, 0.5) is 0 Å². The van der Waals surface area contributed by atoms with Gasteiger partial charge in [-0.1, -0.05) is 152 Å². The van der Waals surface area contributed by atoms with Gasteiger partial charge in [-0.05, 0) is 70.6 Å². The van der Waals surface area contributed by atoms with Crippen LogP contribution >= 0.6 is 12.4 Å². The molecule has 0 heterocycles. The lowest BCUT2D eigenvalue weighted by Crippen LogP contribution is -2.36. The van der Waals surface area contributed by atoms with Gasteiger partial charge in [0.05, 0.1) is 40.4 Å². The Balaban J connectivity index is 0. The van der Waals surface area contributed by atoms with Crippen LogP contribution in [0.15, 0.2) is 48.6 Å². The summed E-state index contributed by atoms with van der Waals surface area (Å²) in [6.45, 7) is 6.66. The molecule has 0 aliphatic carbocycles. The normalized spacial score (nSPS) is 13.2. The molecule has 0 radical (unpaired) electrons. The molecule has 0 N–H and O–H groups in total. The third-order valence-electron chi connectivity index (χ3n) is 8.53. The summed E-state index contributed by atoms with van der Waals surface area (Å²) >= 11 is 0. The van der Waals surface area contributed by atoms with Gasteiger partial charge >= 0.3 is 0 Å². The Hall–Kier alpha value is -0.830. The van der Waals surface area contributed by atoms with Crippen molar-refractivity contribution in [1.82, 2.24) is 0 Å². The van der Waals surface area contributed by atoms with Crippen LogP contribution in [0.1, 0.15) is 181 Å². The van der Waals surface area contributed by atoms with E-state index in [9.17, 15) is 0 Å². The molecular weight excluding hydrogens is 570 g/mol. The highest BCUT2D eigenvalue weighted by Gasteiger charge is 2.11. The number of halogens is 1. The van der Waals surface area contributed by atoms with E-state index in [1.54, 1.807) is 0 Å². The van der Waals surface area contributed by atoms with Crippen LogP contribution in [-0.4, -0.2) is 44.9 Å². The second-order valence-electron chi connectivity index (χ2n) is 14.3. The Bertz CT molecular complexity index is 675. The molecule has 0 aromatic carbocycles. The molecule has 0 fully saturated rings. The van der Waals surface area contributed by atoms with Crippen molar-refractivity contribution in [3.05, 3.63) is 48.6 Å². The Morgan fingerprint density at radius 3 is 1.24 bits per heavy atom. The summed E-state index contributed by atoms with van der Waals surface area (Å²) in [6.07, 6.45) is 53.3. The average Bonchev–Trinajstić information content (AvgIpc) is 3.00. The van der Waals surface area contributed by atoms with Crippen LogP contribution < -0.4 is 0 Å². The maximum atomic E-state index is 6.45. The number of rotatable bonds is 34. The van der Waals surface area contributed by atoms with Crippen molar-refractivity contribution in [2.24, 2.45) is 0 Å². The first-order valence-corrected chi connectivity index (χ1v) is 19.5. The summed E-state index contributed by atoms with van der Waals surface area (Å²) in [7, 11) is 6.85. The minimum atomic E-state index is 0. The highest BCUT2D eigenvalue weighted by molar-refractivity contribution is 5.85. The SMILES string of the molecule is CCCC/C=C/C/C=C/CCCCCCCCC(CCCCCCCC/C=C/C/C=C/CCCCC)OCCC[N+](C)(C)C.Cl. The first-order valence-electron chi connectivity index (χ1n) is 19.5. The largest absolute Gasteiger partial charge is 0.378 e. The van der Waals surface area contributed by atoms with E-state index in [1.165, 1.54) is 161 Å². The summed E-state index contributed by atoms with van der Waals surface area (Å²) in [4.78, 5) is 0. The van der Waals surface area contributed by atoms with E-state index >= 15 is 0 Å². The summed E-state index contributed by atoms with van der Waals surface area (Å²) in [5.74, 6) is 0. The van der Waals surface area contributed by atoms with Crippen molar-refractivity contribution >= 4 is 12.4 Å². The van der Waals surface area contributed by atoms with Crippen molar-refractivity contribution in [2.75, 3.05) is 34.3 Å². The van der Waals surface area contributed by atoms with Gasteiger partial charge in [-0.15, -0.1) is 12.4 Å². The molecule has 45 heavy (non-hydrogen) atoms. The number of unbranched alkanes of at least 4 members (excludes halogenated alkanes) is 17. The number of quaternary nitrogens is 1. The predicted molar refractivity (Wildman–Crippen MR) is 208 cm³/mol. The average molecular weight is 652 g/mol. The standard InChI is InChI=1S/C42H80NO.ClH/c1-6-8-10-12-14-16-18-20-22-24-26-28-30-32-34-36-39-42(44-41-37-40-43(3,4)5)38-35-33-31-29-27-25-23-21-19-17-15-13-11-9-7-2;/h13-16,19-22,42H,6-12,17-18,23-41H2,1-5H3;1H/q+1;/b15-13+,16-14+,21-19+,22-20+;. The number of hydrogen-bond acceptors (Lipinski definition) is 1. The topological polar surface area (TPSA) is 9.23 Å². The van der Waals surface area contributed by atoms with Crippen molar-refractivity contribution in [3.8, 4) is 0 Å². The molecule has 0 aliphatic heterocycles. The van der Waals surface area contributed by atoms with E-state index in [4.69, 9.17) is 4.74 Å². The van der Waals surface area contributed by atoms with E-state index in [2.05, 4.69) is 83.6 Å². The minimum Gasteiger partial charge on any atom is -0.378 e. The van der Waals surface area contributed by atoms with E-state index < -0.39 is 0 Å². The van der Waals surface area contributed by atoms with Gasteiger partial charge in [0, 0.05) is 6.42 Å². The molecule has 0 aromatic rings. The smallest absolute Gasteiger partial charge is 0.0802 e. The molecule has 1 unspecified atom stereocenters. The van der Waals surface area contributed by atoms with Crippen molar-refractivity contribution < 1.29 is 9.22 Å². The van der Waals surface area contributed by atoms with Gasteiger partial charge < -0.3 is 9.22 Å². The lowest BCUT2D eigenvalue weighted by molar-refractivity contribution is -0.870. The van der Waals surface area contributed by atoms with Crippen LogP contribution in [0, 0.1) is 0 Å². The molecule has 0 aliphatic rings. The molecular formula is C42H81ClNO+. The molecule has 0 saturated heterocycles. The number of ether oxygens (including phenoxy) is 1. The zero-order chi connectivity index (χ0) is 32.2. The van der Waals surface area contributed by atoms with Crippen molar-refractivity contribution in [2.45, 2.75) is 187 Å². The van der Waals surface area contributed by atoms with E-state index in [-0.39, 0.29) is 12.4 Å². The van der Waals surface area contributed by atoms with Crippen LogP contribution in [0.3, 0.4) is 0 Å². The highest BCUT2D eigenvalue weighted by atomic mass is 35.5. The lowest BCUT2D eigenvalue weighted by Gasteiger charge is -2.24. The first kappa shape index (κ1) is 46.3. The second-order valence-corrected chi connectivity index (χ2v) is 14.3. The molecule has 0 saturated carbocycles. The second kappa shape index (κ2) is 37.6. The molecule has 266 valence electrons. The van der Waals surface area contributed by atoms with Crippen LogP contribution in [0.2, 0.25) is 0 Å². The molecule has 0 aromatic heterocycles. The van der Waals surface area contributed by atoms with Gasteiger partial charge in [-0.25, -0.2) is 0 Å². The Morgan fingerprint density at radius 1 is 0.444 bits per heavy atom. The number of allylic oxidation sites excluding steroid dienone is 8. The Labute approximate surface area is 290 Å². The van der Waals surface area contributed by atoms with E-state index in [1.807, 2.05) is 0 Å². The fraction of sp³-hybridized carbons (Fsp3) is 0.810. The molecule has 3 heteroatoms. The monoisotopic (exact) mass is 651 g/mol. The Kier molecular flexibility index (Phi) is 38.7. The summed E-state index contributed by atoms with van der Waals surface area (Å²) in [6, 6.07) is 0. The molecule has 0 amide bonds. The quantitative estimate of drug-likeness (QED) is 0.0382. The fourth-order valence-corrected chi connectivity index (χ4v) is 5.63. The first-order chi connectivity index (χ1) is 21.5. The predicted octanol–water partition coefficient (Wildman–Crippen LogP) is 13.9. The minimum absolute atomic E-state index is 0. The van der Waals surface area contributed by atoms with Gasteiger partial charge in [0.15, 0.2) is 0 Å². The van der Waals surface area contributed by atoms with Crippen LogP contribution in [0.5, 0.6) is 0 Å². The molecule has 0 spiro atoms. The zero-order valence-electron chi connectivity index (χ0n) is 31.3. The van der Waals surface area contributed by atoms with E-state index in [0.29, 0.717) is 6.10 Å². The molecule has 1 atom stereocenters. The van der Waals surface area contributed by atoms with Gasteiger partial charge in [-0.2, -0.15) is 0 Å². The van der Waals surface area contributed by atoms with Crippen molar-refractivity contribution in [1.29, 1.82) is 0 Å². The highest BCUT2D eigenvalue weighted by Crippen LogP contribution is 2.18. The third kappa shape index (κ3) is 41.1. The van der Waals surface area contributed by atoms with Gasteiger partial charge in [0.25, 0.3) is 0 Å². The van der Waals surface area contributed by atoms with Crippen molar-refractivity contribution in [3.63, 3.8) is 0 Å². The van der Waals surface area contributed by atoms with Gasteiger partial charge in [0.2, 0.25) is 0 Å². The van der Waals surface area contributed by atoms with Crippen LogP contribution in [-0.2, 0) is 4.74 Å². The lowest BCUT2D eigenvalue weighted by atomic mass is 10.0. The maximum Gasteiger partial charge on any atom is 0.0802 e. The zero-order valence-corrected chi connectivity index (χ0v) is 32.1. The van der Waals surface area contributed by atoms with Gasteiger partial charge in [-0.3, -0.25) is 0 Å². The summed E-state index contributed by atoms with van der Waals surface area (Å²) in [5, 5.41) is 0. The number of nitrogens with zero attached hydrogens (tertiary/aromatic N) is 1. The molecule has 0 bridgehead atoms. The number of hydrogen-bond donors (Lipinski definition) is 0. The fourth-order valence-electron chi connectivity index (χ4n) is 5.63. The van der Waals surface area contributed by atoms with E-state index in [0.717, 1.165) is 23.9 Å². The molecule has 0 rings (SSSR count). The van der Waals surface area contributed by atoms with Crippen LogP contribution in [0.25, 0.3) is 0 Å². The Morgan fingerprint density at radius 2 is 0.822 bits per heavy atom. The van der Waals surface area contributed by atoms with Gasteiger partial charge in [0.1, 0.15) is 0 Å². The summed E-state index contributed by atoms with van der Waals surface area (Å²) in [5.41, 5.74) is 0. The summed E-state index contributed by atoms with van der Waals surface area (Å²) < 4.78 is 7.48.